The Labute approximate surface area is 127 Å². The van der Waals surface area contributed by atoms with E-state index < -0.39 is 0 Å². The summed E-state index contributed by atoms with van der Waals surface area (Å²) in [7, 11) is 1.81. The molecule has 3 rings (SSSR count). The Bertz CT molecular complexity index is 783. The zero-order chi connectivity index (χ0) is 14.8. The molecule has 1 heterocycles. The second kappa shape index (κ2) is 5.80. The number of aromatic nitrogens is 1. The molecule has 106 valence electrons. The predicted octanol–water partition coefficient (Wildman–Crippen LogP) is 4.34. The molecule has 21 heavy (non-hydrogen) atoms. The lowest BCUT2D eigenvalue weighted by Gasteiger charge is -2.19. The summed E-state index contributed by atoms with van der Waals surface area (Å²) in [6.45, 7) is 0. The summed E-state index contributed by atoms with van der Waals surface area (Å²) in [5.74, 6) is -0.317. The number of nitrogens with zero attached hydrogens (tertiary/aromatic N) is 1. The van der Waals surface area contributed by atoms with Crippen LogP contribution in [0.25, 0.3) is 10.9 Å². The van der Waals surface area contributed by atoms with Crippen molar-refractivity contribution >= 4 is 22.5 Å². The standard InChI is InChI=1S/C17H14ClFN2/c1-20-17(14-7-6-11(18)10-15(14)19)13-8-9-21-16-5-3-2-4-12(13)16/h2-10,17,20H,1H3. The summed E-state index contributed by atoms with van der Waals surface area (Å²) in [4.78, 5) is 4.35. The normalized spacial score (nSPS) is 12.5. The van der Waals surface area contributed by atoms with Gasteiger partial charge in [-0.1, -0.05) is 35.9 Å². The van der Waals surface area contributed by atoms with Crippen LogP contribution in [0.3, 0.4) is 0 Å². The van der Waals surface area contributed by atoms with E-state index in [1.807, 2.05) is 37.4 Å². The number of nitrogens with one attached hydrogen (secondary N) is 1. The maximum Gasteiger partial charge on any atom is 0.129 e. The summed E-state index contributed by atoms with van der Waals surface area (Å²) in [6.07, 6.45) is 1.75. The lowest BCUT2D eigenvalue weighted by atomic mass is 9.95. The Morgan fingerprint density at radius 1 is 1.10 bits per heavy atom. The van der Waals surface area contributed by atoms with E-state index in [-0.39, 0.29) is 11.9 Å². The maximum atomic E-state index is 14.2. The third-order valence-corrected chi connectivity index (χ3v) is 3.79. The van der Waals surface area contributed by atoms with Crippen LogP contribution in [0.15, 0.2) is 54.7 Å². The zero-order valence-corrected chi connectivity index (χ0v) is 12.2. The van der Waals surface area contributed by atoms with Crippen LogP contribution in [-0.4, -0.2) is 12.0 Å². The van der Waals surface area contributed by atoms with E-state index in [2.05, 4.69) is 10.3 Å². The van der Waals surface area contributed by atoms with Crippen LogP contribution in [-0.2, 0) is 0 Å². The monoisotopic (exact) mass is 300 g/mol. The second-order valence-corrected chi connectivity index (χ2v) is 5.24. The van der Waals surface area contributed by atoms with Gasteiger partial charge in [-0.25, -0.2) is 4.39 Å². The summed E-state index contributed by atoms with van der Waals surface area (Å²) in [6, 6.07) is 14.3. The van der Waals surface area contributed by atoms with Crippen LogP contribution in [0.5, 0.6) is 0 Å². The molecule has 0 fully saturated rings. The van der Waals surface area contributed by atoms with Gasteiger partial charge in [0, 0.05) is 22.2 Å². The lowest BCUT2D eigenvalue weighted by Crippen LogP contribution is -2.19. The first-order valence-electron chi connectivity index (χ1n) is 6.66. The van der Waals surface area contributed by atoms with Crippen molar-refractivity contribution in [1.82, 2.24) is 10.3 Å². The molecule has 0 aliphatic carbocycles. The molecule has 0 radical (unpaired) electrons. The van der Waals surface area contributed by atoms with E-state index in [9.17, 15) is 4.39 Å². The van der Waals surface area contributed by atoms with Crippen LogP contribution < -0.4 is 5.32 Å². The Kier molecular flexibility index (Phi) is 3.86. The first kappa shape index (κ1) is 14.0. The van der Waals surface area contributed by atoms with Crippen molar-refractivity contribution in [3.05, 3.63) is 76.7 Å². The summed E-state index contributed by atoms with van der Waals surface area (Å²) in [5.41, 5.74) is 2.45. The van der Waals surface area contributed by atoms with E-state index in [1.165, 1.54) is 6.07 Å². The molecule has 4 heteroatoms. The smallest absolute Gasteiger partial charge is 0.129 e. The highest BCUT2D eigenvalue weighted by molar-refractivity contribution is 6.30. The zero-order valence-electron chi connectivity index (χ0n) is 11.5. The number of benzene rings is 2. The molecule has 0 saturated carbocycles. The first-order valence-corrected chi connectivity index (χ1v) is 7.04. The van der Waals surface area contributed by atoms with Gasteiger partial charge in [-0.15, -0.1) is 0 Å². The van der Waals surface area contributed by atoms with Gasteiger partial charge in [0.25, 0.3) is 0 Å². The molecule has 1 aromatic heterocycles. The molecule has 0 amide bonds. The van der Waals surface area contributed by atoms with E-state index in [0.29, 0.717) is 10.6 Å². The van der Waals surface area contributed by atoms with Crippen LogP contribution >= 0.6 is 11.6 Å². The number of rotatable bonds is 3. The van der Waals surface area contributed by atoms with Crippen molar-refractivity contribution < 1.29 is 4.39 Å². The van der Waals surface area contributed by atoms with Crippen LogP contribution in [0.4, 0.5) is 4.39 Å². The Balaban J connectivity index is 2.18. The van der Waals surface area contributed by atoms with Gasteiger partial charge >= 0.3 is 0 Å². The van der Waals surface area contributed by atoms with E-state index in [1.54, 1.807) is 18.3 Å². The molecule has 3 aromatic rings. The third kappa shape index (κ3) is 2.62. The lowest BCUT2D eigenvalue weighted by molar-refractivity contribution is 0.577. The molecule has 2 aromatic carbocycles. The van der Waals surface area contributed by atoms with Gasteiger partial charge in [0.15, 0.2) is 0 Å². The van der Waals surface area contributed by atoms with Crippen molar-refractivity contribution in [2.24, 2.45) is 0 Å². The van der Waals surface area contributed by atoms with Gasteiger partial charge in [0.1, 0.15) is 5.82 Å². The van der Waals surface area contributed by atoms with Gasteiger partial charge in [0.2, 0.25) is 0 Å². The maximum absolute atomic E-state index is 14.2. The SMILES string of the molecule is CNC(c1ccc(Cl)cc1F)c1ccnc2ccccc12. The van der Waals surface area contributed by atoms with Crippen molar-refractivity contribution in [2.45, 2.75) is 6.04 Å². The van der Waals surface area contributed by atoms with Crippen molar-refractivity contribution in [3.63, 3.8) is 0 Å². The highest BCUT2D eigenvalue weighted by atomic mass is 35.5. The number of hydrogen-bond donors (Lipinski definition) is 1. The fourth-order valence-electron chi connectivity index (χ4n) is 2.58. The van der Waals surface area contributed by atoms with Crippen LogP contribution in [0.1, 0.15) is 17.2 Å². The quantitative estimate of drug-likeness (QED) is 0.778. The third-order valence-electron chi connectivity index (χ3n) is 3.56. The van der Waals surface area contributed by atoms with Crippen molar-refractivity contribution in [2.75, 3.05) is 7.05 Å². The molecule has 1 atom stereocenters. The molecule has 0 bridgehead atoms. The first-order chi connectivity index (χ1) is 10.2. The minimum atomic E-state index is -0.317. The Hall–Kier alpha value is -1.97. The molecule has 2 nitrogen and oxygen atoms in total. The molecular formula is C17H14ClFN2. The fourth-order valence-corrected chi connectivity index (χ4v) is 2.74. The van der Waals surface area contributed by atoms with E-state index in [4.69, 9.17) is 11.6 Å². The fraction of sp³-hybridized carbons (Fsp3) is 0.118. The number of hydrogen-bond acceptors (Lipinski definition) is 2. The average Bonchev–Trinajstić information content (AvgIpc) is 2.50. The number of pyridine rings is 1. The van der Waals surface area contributed by atoms with Gasteiger partial charge in [-0.3, -0.25) is 4.98 Å². The predicted molar refractivity (Wildman–Crippen MR) is 84.1 cm³/mol. The summed E-state index contributed by atoms with van der Waals surface area (Å²) >= 11 is 5.84. The highest BCUT2D eigenvalue weighted by Crippen LogP contribution is 2.30. The van der Waals surface area contributed by atoms with Gasteiger partial charge in [0.05, 0.1) is 11.6 Å². The highest BCUT2D eigenvalue weighted by Gasteiger charge is 2.18. The minimum Gasteiger partial charge on any atom is -0.309 e. The molecule has 1 N–H and O–H groups in total. The Morgan fingerprint density at radius 3 is 2.67 bits per heavy atom. The van der Waals surface area contributed by atoms with Crippen LogP contribution in [0, 0.1) is 5.82 Å². The van der Waals surface area contributed by atoms with Gasteiger partial charge in [-0.2, -0.15) is 0 Å². The topological polar surface area (TPSA) is 24.9 Å². The number of halogens is 2. The number of fused-ring (bicyclic) bond motifs is 1. The molecule has 0 spiro atoms. The largest absolute Gasteiger partial charge is 0.309 e. The molecule has 1 unspecified atom stereocenters. The molecule has 0 aliphatic rings. The van der Waals surface area contributed by atoms with Gasteiger partial charge in [-0.05, 0) is 36.9 Å². The van der Waals surface area contributed by atoms with E-state index in [0.717, 1.165) is 16.5 Å². The average molecular weight is 301 g/mol. The minimum absolute atomic E-state index is 0.254. The second-order valence-electron chi connectivity index (χ2n) is 4.80. The number of para-hydroxylation sites is 1. The van der Waals surface area contributed by atoms with E-state index >= 15 is 0 Å². The Morgan fingerprint density at radius 2 is 1.90 bits per heavy atom. The molecule has 0 aliphatic heterocycles. The van der Waals surface area contributed by atoms with Crippen LogP contribution in [0.2, 0.25) is 5.02 Å². The summed E-state index contributed by atoms with van der Waals surface area (Å²) < 4.78 is 14.2. The summed E-state index contributed by atoms with van der Waals surface area (Å²) in [5, 5.41) is 4.58. The van der Waals surface area contributed by atoms with Gasteiger partial charge < -0.3 is 5.32 Å². The molecular weight excluding hydrogens is 287 g/mol. The van der Waals surface area contributed by atoms with Crippen molar-refractivity contribution in [3.8, 4) is 0 Å². The van der Waals surface area contributed by atoms with Crippen molar-refractivity contribution in [1.29, 1.82) is 0 Å². The molecule has 0 saturated heterocycles.